The van der Waals surface area contributed by atoms with Crippen LogP contribution in [0.1, 0.15) is 51.0 Å². The molecule has 1 aromatic carbocycles. The normalized spacial score (nSPS) is 20.7. The summed E-state index contributed by atoms with van der Waals surface area (Å²) in [4.78, 5) is 6.95. The molecule has 0 atom stereocenters. The van der Waals surface area contributed by atoms with Crippen LogP contribution < -0.4 is 5.32 Å². The van der Waals surface area contributed by atoms with Gasteiger partial charge in [0.1, 0.15) is 0 Å². The van der Waals surface area contributed by atoms with Gasteiger partial charge in [-0.1, -0.05) is 43.2 Å². The smallest absolute Gasteiger partial charge is 0.193 e. The maximum Gasteiger partial charge on any atom is 0.193 e. The van der Waals surface area contributed by atoms with Crippen molar-refractivity contribution in [1.29, 1.82) is 0 Å². The number of ether oxygens (including phenoxy) is 1. The minimum Gasteiger partial charge on any atom is -0.378 e. The van der Waals surface area contributed by atoms with Crippen LogP contribution in [0.3, 0.4) is 0 Å². The minimum absolute atomic E-state index is 0. The number of hydrogen-bond acceptors (Lipinski definition) is 2. The Labute approximate surface area is 175 Å². The Hall–Kier alpha value is -0.820. The van der Waals surface area contributed by atoms with Crippen molar-refractivity contribution in [2.75, 3.05) is 33.3 Å². The molecule has 1 aliphatic heterocycles. The van der Waals surface area contributed by atoms with E-state index in [1.165, 1.54) is 31.2 Å². The first kappa shape index (κ1) is 21.5. The van der Waals surface area contributed by atoms with Crippen LogP contribution in [-0.4, -0.2) is 50.3 Å². The molecule has 5 heteroatoms. The molecule has 1 aromatic rings. The number of rotatable bonds is 5. The van der Waals surface area contributed by atoms with Crippen LogP contribution in [-0.2, 0) is 10.2 Å². The standard InChI is InChI=1S/C21H33N3O.HI/c1-3-25-19-11-15-24(16-12-19)20(22-2)23-17-21(13-7-8-14-21)18-9-5-4-6-10-18;/h4-6,9-10,19H,3,7-8,11-17H2,1-2H3,(H,22,23);1H. The molecule has 1 saturated carbocycles. The van der Waals surface area contributed by atoms with Gasteiger partial charge in [0.15, 0.2) is 5.96 Å². The van der Waals surface area contributed by atoms with Crippen LogP contribution in [0.5, 0.6) is 0 Å². The average Bonchev–Trinajstić information content (AvgIpc) is 3.15. The van der Waals surface area contributed by atoms with E-state index in [9.17, 15) is 0 Å². The van der Waals surface area contributed by atoms with Crippen LogP contribution in [0.4, 0.5) is 0 Å². The molecule has 2 fully saturated rings. The highest BCUT2D eigenvalue weighted by atomic mass is 127. The van der Waals surface area contributed by atoms with Gasteiger partial charge in [-0.05, 0) is 38.2 Å². The van der Waals surface area contributed by atoms with Gasteiger partial charge in [-0.3, -0.25) is 4.99 Å². The Morgan fingerprint density at radius 3 is 2.42 bits per heavy atom. The predicted molar refractivity (Wildman–Crippen MR) is 120 cm³/mol. The van der Waals surface area contributed by atoms with E-state index >= 15 is 0 Å². The SMILES string of the molecule is CCOC1CCN(C(=NC)NCC2(c3ccccc3)CCCC2)CC1.I. The second kappa shape index (κ2) is 10.5. The fraction of sp³-hybridized carbons (Fsp3) is 0.667. The Morgan fingerprint density at radius 1 is 1.19 bits per heavy atom. The van der Waals surface area contributed by atoms with Gasteiger partial charge in [-0.15, -0.1) is 24.0 Å². The topological polar surface area (TPSA) is 36.9 Å². The van der Waals surface area contributed by atoms with E-state index in [1.807, 2.05) is 7.05 Å². The third-order valence-electron chi connectivity index (χ3n) is 5.89. The van der Waals surface area contributed by atoms with Crippen molar-refractivity contribution in [3.05, 3.63) is 35.9 Å². The van der Waals surface area contributed by atoms with Gasteiger partial charge in [-0.2, -0.15) is 0 Å². The number of halogens is 1. The first-order valence-corrected chi connectivity index (χ1v) is 9.90. The molecular formula is C21H34IN3O. The Morgan fingerprint density at radius 2 is 1.85 bits per heavy atom. The maximum atomic E-state index is 5.77. The molecule has 146 valence electrons. The second-order valence-corrected chi connectivity index (χ2v) is 7.40. The molecule has 0 amide bonds. The zero-order valence-corrected chi connectivity index (χ0v) is 18.6. The first-order chi connectivity index (χ1) is 12.3. The van der Waals surface area contributed by atoms with Gasteiger partial charge in [0.25, 0.3) is 0 Å². The van der Waals surface area contributed by atoms with Gasteiger partial charge in [-0.25, -0.2) is 0 Å². The van der Waals surface area contributed by atoms with E-state index in [0.717, 1.165) is 45.0 Å². The van der Waals surface area contributed by atoms with E-state index < -0.39 is 0 Å². The number of benzene rings is 1. The monoisotopic (exact) mass is 471 g/mol. The van der Waals surface area contributed by atoms with Crippen LogP contribution in [0.2, 0.25) is 0 Å². The van der Waals surface area contributed by atoms with Crippen LogP contribution in [0.25, 0.3) is 0 Å². The predicted octanol–water partition coefficient (Wildman–Crippen LogP) is 4.19. The van der Waals surface area contributed by atoms with Crippen molar-refractivity contribution >= 4 is 29.9 Å². The zero-order chi connectivity index (χ0) is 17.5. The Bertz CT molecular complexity index is 550. The molecule has 0 spiro atoms. The van der Waals surface area contributed by atoms with E-state index in [4.69, 9.17) is 4.74 Å². The lowest BCUT2D eigenvalue weighted by atomic mass is 9.79. The van der Waals surface area contributed by atoms with E-state index in [0.29, 0.717) is 6.10 Å². The summed E-state index contributed by atoms with van der Waals surface area (Å²) in [6.07, 6.45) is 7.81. The van der Waals surface area contributed by atoms with Crippen molar-refractivity contribution in [2.45, 2.75) is 57.0 Å². The molecule has 1 heterocycles. The fourth-order valence-electron chi connectivity index (χ4n) is 4.46. The Balaban J connectivity index is 0.00000243. The maximum absolute atomic E-state index is 5.77. The summed E-state index contributed by atoms with van der Waals surface area (Å²) < 4.78 is 5.77. The lowest BCUT2D eigenvalue weighted by Crippen LogP contribution is -2.50. The van der Waals surface area contributed by atoms with Crippen molar-refractivity contribution in [3.63, 3.8) is 0 Å². The molecule has 26 heavy (non-hydrogen) atoms. The largest absolute Gasteiger partial charge is 0.378 e. The van der Waals surface area contributed by atoms with Crippen molar-refractivity contribution < 1.29 is 4.74 Å². The highest BCUT2D eigenvalue weighted by molar-refractivity contribution is 14.0. The lowest BCUT2D eigenvalue weighted by Gasteiger charge is -2.36. The lowest BCUT2D eigenvalue weighted by molar-refractivity contribution is 0.0263. The van der Waals surface area contributed by atoms with Crippen LogP contribution >= 0.6 is 24.0 Å². The molecule has 1 saturated heterocycles. The van der Waals surface area contributed by atoms with E-state index in [1.54, 1.807) is 0 Å². The molecular weight excluding hydrogens is 437 g/mol. The van der Waals surface area contributed by atoms with Gasteiger partial charge < -0.3 is 15.0 Å². The number of guanidine groups is 1. The third kappa shape index (κ3) is 5.12. The average molecular weight is 471 g/mol. The summed E-state index contributed by atoms with van der Waals surface area (Å²) in [6, 6.07) is 11.0. The summed E-state index contributed by atoms with van der Waals surface area (Å²) in [6.45, 7) is 5.94. The van der Waals surface area contributed by atoms with Crippen molar-refractivity contribution in [1.82, 2.24) is 10.2 Å². The molecule has 4 nitrogen and oxygen atoms in total. The van der Waals surface area contributed by atoms with Crippen LogP contribution in [0.15, 0.2) is 35.3 Å². The molecule has 2 aliphatic rings. The van der Waals surface area contributed by atoms with E-state index in [-0.39, 0.29) is 29.4 Å². The zero-order valence-electron chi connectivity index (χ0n) is 16.2. The van der Waals surface area contributed by atoms with Crippen molar-refractivity contribution in [2.24, 2.45) is 4.99 Å². The van der Waals surface area contributed by atoms with Crippen LogP contribution in [0, 0.1) is 0 Å². The van der Waals surface area contributed by atoms with Gasteiger partial charge >= 0.3 is 0 Å². The number of hydrogen-bond donors (Lipinski definition) is 1. The molecule has 0 radical (unpaired) electrons. The van der Waals surface area contributed by atoms with Gasteiger partial charge in [0.2, 0.25) is 0 Å². The molecule has 1 N–H and O–H groups in total. The quantitative estimate of drug-likeness (QED) is 0.398. The minimum atomic E-state index is 0. The summed E-state index contributed by atoms with van der Waals surface area (Å²) in [7, 11) is 1.90. The number of likely N-dealkylation sites (tertiary alicyclic amines) is 1. The molecule has 0 bridgehead atoms. The Kier molecular flexibility index (Phi) is 8.67. The molecule has 3 rings (SSSR count). The number of piperidine rings is 1. The highest BCUT2D eigenvalue weighted by Crippen LogP contribution is 2.40. The number of nitrogens with zero attached hydrogens (tertiary/aromatic N) is 2. The summed E-state index contributed by atoms with van der Waals surface area (Å²) in [5.74, 6) is 1.05. The van der Waals surface area contributed by atoms with Gasteiger partial charge in [0, 0.05) is 38.7 Å². The van der Waals surface area contributed by atoms with Crippen molar-refractivity contribution in [3.8, 4) is 0 Å². The fourth-order valence-corrected chi connectivity index (χ4v) is 4.46. The second-order valence-electron chi connectivity index (χ2n) is 7.40. The summed E-state index contributed by atoms with van der Waals surface area (Å²) in [5, 5.41) is 3.70. The summed E-state index contributed by atoms with van der Waals surface area (Å²) in [5.41, 5.74) is 1.74. The first-order valence-electron chi connectivity index (χ1n) is 9.90. The third-order valence-corrected chi connectivity index (χ3v) is 5.89. The number of aliphatic imine (C=N–C) groups is 1. The van der Waals surface area contributed by atoms with Gasteiger partial charge in [0.05, 0.1) is 6.10 Å². The number of nitrogens with one attached hydrogen (secondary N) is 1. The van der Waals surface area contributed by atoms with E-state index in [2.05, 4.69) is 52.5 Å². The molecule has 0 aromatic heterocycles. The molecule has 0 unspecified atom stereocenters. The molecule has 1 aliphatic carbocycles. The summed E-state index contributed by atoms with van der Waals surface area (Å²) >= 11 is 0. The highest BCUT2D eigenvalue weighted by Gasteiger charge is 2.36.